The van der Waals surface area contributed by atoms with Gasteiger partial charge in [-0.1, -0.05) is 32.0 Å². The minimum Gasteiger partial charge on any atom is -0.462 e. The summed E-state index contributed by atoms with van der Waals surface area (Å²) in [5.41, 5.74) is 3.59. The van der Waals surface area contributed by atoms with E-state index in [0.29, 0.717) is 5.56 Å². The smallest absolute Gasteiger partial charge is 0.338 e. The average molecular weight is 380 g/mol. The van der Waals surface area contributed by atoms with E-state index in [2.05, 4.69) is 13.8 Å². The minimum absolute atomic E-state index is 0.0582. The van der Waals surface area contributed by atoms with Crippen LogP contribution in [0.1, 0.15) is 71.0 Å². The molecule has 0 radical (unpaired) electrons. The van der Waals surface area contributed by atoms with Crippen LogP contribution in [0.15, 0.2) is 42.5 Å². The Morgan fingerprint density at radius 2 is 1.89 bits per heavy atom. The van der Waals surface area contributed by atoms with E-state index in [9.17, 15) is 14.0 Å². The van der Waals surface area contributed by atoms with Gasteiger partial charge >= 0.3 is 5.97 Å². The fourth-order valence-corrected chi connectivity index (χ4v) is 3.70. The van der Waals surface area contributed by atoms with Gasteiger partial charge in [0.05, 0.1) is 12.2 Å². The number of aryl methyl sites for hydroxylation is 1. The summed E-state index contributed by atoms with van der Waals surface area (Å²) in [6, 6.07) is 9.94. The molecule has 0 saturated carbocycles. The van der Waals surface area contributed by atoms with E-state index in [1.54, 1.807) is 6.92 Å². The second-order valence-electron chi connectivity index (χ2n) is 7.76. The van der Waals surface area contributed by atoms with Gasteiger partial charge in [0.2, 0.25) is 0 Å². The van der Waals surface area contributed by atoms with E-state index in [-0.39, 0.29) is 28.9 Å². The number of esters is 1. The van der Waals surface area contributed by atoms with E-state index < -0.39 is 11.8 Å². The molecule has 0 fully saturated rings. The molecule has 4 heteroatoms. The fourth-order valence-electron chi connectivity index (χ4n) is 3.70. The summed E-state index contributed by atoms with van der Waals surface area (Å²) in [5.74, 6) is -1.30. The van der Waals surface area contributed by atoms with E-state index in [4.69, 9.17) is 4.74 Å². The zero-order valence-electron chi connectivity index (χ0n) is 16.5. The van der Waals surface area contributed by atoms with Gasteiger partial charge < -0.3 is 4.74 Å². The molecule has 0 bridgehead atoms. The van der Waals surface area contributed by atoms with Crippen molar-refractivity contribution in [2.75, 3.05) is 6.61 Å². The molecule has 0 N–H and O–H groups in total. The average Bonchev–Trinajstić information content (AvgIpc) is 2.66. The molecule has 0 aromatic heterocycles. The van der Waals surface area contributed by atoms with Crippen molar-refractivity contribution in [2.24, 2.45) is 0 Å². The number of ketones is 1. The highest BCUT2D eigenvalue weighted by Gasteiger charge is 2.27. The summed E-state index contributed by atoms with van der Waals surface area (Å²) in [4.78, 5) is 24.3. The molecule has 2 aromatic rings. The molecule has 0 saturated heterocycles. The normalized spacial score (nSPS) is 15.3. The molecule has 0 unspecified atom stereocenters. The predicted octanol–water partition coefficient (Wildman–Crippen LogP) is 5.51. The van der Waals surface area contributed by atoms with Gasteiger partial charge in [0.1, 0.15) is 5.82 Å². The number of hydrogen-bond acceptors (Lipinski definition) is 3. The largest absolute Gasteiger partial charge is 0.462 e. The van der Waals surface area contributed by atoms with Crippen molar-refractivity contribution in [1.82, 2.24) is 0 Å². The fraction of sp³-hybridized carbons (Fsp3) is 0.333. The standard InChI is InChI=1S/C24H25FO3/c1-4-28-23(27)19-10-8-17(21(25)15-19)11-12-22(26)18-9-7-16-6-5-13-24(2,3)20(16)14-18/h7-12,14-15H,4-6,13H2,1-3H3. The maximum absolute atomic E-state index is 14.3. The van der Waals surface area contributed by atoms with Crippen molar-refractivity contribution in [2.45, 2.75) is 45.4 Å². The lowest BCUT2D eigenvalue weighted by Crippen LogP contribution is -2.24. The lowest BCUT2D eigenvalue weighted by Gasteiger charge is -2.32. The highest BCUT2D eigenvalue weighted by molar-refractivity contribution is 6.07. The summed E-state index contributed by atoms with van der Waals surface area (Å²) in [7, 11) is 0. The Hall–Kier alpha value is -2.75. The molecule has 2 aromatic carbocycles. The zero-order valence-corrected chi connectivity index (χ0v) is 16.5. The first-order valence-electron chi connectivity index (χ1n) is 9.64. The van der Waals surface area contributed by atoms with Crippen LogP contribution < -0.4 is 0 Å². The third kappa shape index (κ3) is 4.22. The summed E-state index contributed by atoms with van der Waals surface area (Å²) in [6.07, 6.45) is 6.12. The summed E-state index contributed by atoms with van der Waals surface area (Å²) in [6.45, 7) is 6.33. The van der Waals surface area contributed by atoms with Crippen LogP contribution >= 0.6 is 0 Å². The zero-order chi connectivity index (χ0) is 20.3. The first-order valence-corrected chi connectivity index (χ1v) is 9.64. The summed E-state index contributed by atoms with van der Waals surface area (Å²) >= 11 is 0. The maximum atomic E-state index is 14.3. The number of halogens is 1. The molecule has 146 valence electrons. The third-order valence-corrected chi connectivity index (χ3v) is 5.30. The molecule has 1 aliphatic rings. The number of allylic oxidation sites excluding steroid dienone is 1. The molecule has 28 heavy (non-hydrogen) atoms. The third-order valence-electron chi connectivity index (χ3n) is 5.30. The number of fused-ring (bicyclic) bond motifs is 1. The quantitative estimate of drug-likeness (QED) is 0.390. The number of benzene rings is 2. The van der Waals surface area contributed by atoms with Crippen LogP contribution in [-0.2, 0) is 16.6 Å². The van der Waals surface area contributed by atoms with Gasteiger partial charge in [0.25, 0.3) is 0 Å². The number of ether oxygens (including phenoxy) is 1. The molecule has 0 heterocycles. The van der Waals surface area contributed by atoms with Crippen molar-refractivity contribution in [3.8, 4) is 0 Å². The van der Waals surface area contributed by atoms with Crippen molar-refractivity contribution in [1.29, 1.82) is 0 Å². The Labute approximate surface area is 165 Å². The monoisotopic (exact) mass is 380 g/mol. The molecular weight excluding hydrogens is 355 g/mol. The lowest BCUT2D eigenvalue weighted by molar-refractivity contribution is 0.0525. The van der Waals surface area contributed by atoms with Crippen LogP contribution in [0.3, 0.4) is 0 Å². The van der Waals surface area contributed by atoms with Crippen molar-refractivity contribution < 1.29 is 18.7 Å². The van der Waals surface area contributed by atoms with Gasteiger partial charge in [-0.2, -0.15) is 0 Å². The van der Waals surface area contributed by atoms with Crippen molar-refractivity contribution in [3.05, 3.63) is 76.1 Å². The molecule has 0 amide bonds. The lowest BCUT2D eigenvalue weighted by atomic mass is 9.72. The second-order valence-corrected chi connectivity index (χ2v) is 7.76. The van der Waals surface area contributed by atoms with Gasteiger partial charge in [-0.15, -0.1) is 0 Å². The van der Waals surface area contributed by atoms with Crippen LogP contribution in [0, 0.1) is 5.82 Å². The van der Waals surface area contributed by atoms with Crippen LogP contribution in [0.25, 0.3) is 6.08 Å². The number of rotatable bonds is 5. The van der Waals surface area contributed by atoms with Crippen LogP contribution in [-0.4, -0.2) is 18.4 Å². The molecule has 0 spiro atoms. The Morgan fingerprint density at radius 3 is 2.61 bits per heavy atom. The van der Waals surface area contributed by atoms with Gasteiger partial charge in [-0.25, -0.2) is 9.18 Å². The van der Waals surface area contributed by atoms with Gasteiger partial charge in [0.15, 0.2) is 5.78 Å². The Bertz CT molecular complexity index is 941. The number of carbonyl (C=O) groups is 2. The van der Waals surface area contributed by atoms with Gasteiger partial charge in [0, 0.05) is 11.1 Å². The highest BCUT2D eigenvalue weighted by Crippen LogP contribution is 2.37. The van der Waals surface area contributed by atoms with Crippen LogP contribution in [0.5, 0.6) is 0 Å². The predicted molar refractivity (Wildman–Crippen MR) is 108 cm³/mol. The summed E-state index contributed by atoms with van der Waals surface area (Å²) in [5, 5.41) is 0. The van der Waals surface area contributed by atoms with E-state index >= 15 is 0 Å². The minimum atomic E-state index is -0.568. The molecule has 3 rings (SSSR count). The summed E-state index contributed by atoms with van der Waals surface area (Å²) < 4.78 is 19.1. The second kappa shape index (κ2) is 8.09. The Kier molecular flexibility index (Phi) is 5.78. The van der Waals surface area contributed by atoms with Crippen molar-refractivity contribution >= 4 is 17.8 Å². The Balaban J connectivity index is 1.80. The topological polar surface area (TPSA) is 43.4 Å². The molecule has 3 nitrogen and oxygen atoms in total. The SMILES string of the molecule is CCOC(=O)c1ccc(C=CC(=O)c2ccc3c(c2)C(C)(C)CCC3)c(F)c1. The molecular formula is C24H25FO3. The number of carbonyl (C=O) groups excluding carboxylic acids is 2. The van der Waals surface area contributed by atoms with Gasteiger partial charge in [-0.3, -0.25) is 4.79 Å². The first-order chi connectivity index (χ1) is 13.3. The molecule has 0 atom stereocenters. The van der Waals surface area contributed by atoms with Crippen molar-refractivity contribution in [3.63, 3.8) is 0 Å². The van der Waals surface area contributed by atoms with E-state index in [1.807, 2.05) is 18.2 Å². The molecule has 0 aliphatic heterocycles. The highest BCUT2D eigenvalue weighted by atomic mass is 19.1. The van der Waals surface area contributed by atoms with E-state index in [1.165, 1.54) is 35.4 Å². The van der Waals surface area contributed by atoms with Crippen LogP contribution in [0.2, 0.25) is 0 Å². The molecule has 1 aliphatic carbocycles. The first kappa shape index (κ1) is 20.0. The Morgan fingerprint density at radius 1 is 1.14 bits per heavy atom. The maximum Gasteiger partial charge on any atom is 0.338 e. The van der Waals surface area contributed by atoms with Crippen LogP contribution in [0.4, 0.5) is 4.39 Å². The van der Waals surface area contributed by atoms with Gasteiger partial charge in [-0.05, 0) is 73.1 Å². The van der Waals surface area contributed by atoms with E-state index in [0.717, 1.165) is 25.3 Å². The number of hydrogen-bond donors (Lipinski definition) is 0.